The summed E-state index contributed by atoms with van der Waals surface area (Å²) in [5.41, 5.74) is 0. The highest BCUT2D eigenvalue weighted by Gasteiger charge is 1.58. The Bertz CT molecular complexity index is 119. The topological polar surface area (TPSA) is 50.2 Å². The van der Waals surface area contributed by atoms with Crippen LogP contribution in [0.2, 0.25) is 0 Å². The van der Waals surface area contributed by atoms with Crippen LogP contribution in [-0.4, -0.2) is 16.6 Å². The molecule has 0 saturated heterocycles. The highest BCUT2D eigenvalue weighted by molar-refractivity contribution is 5.85. The molecule has 0 aliphatic rings. The van der Waals surface area contributed by atoms with E-state index in [2.05, 4.69) is 4.98 Å². The van der Waals surface area contributed by atoms with Gasteiger partial charge in [-0.15, -0.1) is 12.4 Å². The molecule has 0 saturated carbocycles. The van der Waals surface area contributed by atoms with Crippen molar-refractivity contribution in [2.45, 2.75) is 0 Å². The van der Waals surface area contributed by atoms with Crippen molar-refractivity contribution in [3.8, 4) is 0 Å². The first-order chi connectivity index (χ1) is 4.41. The number of carbonyl (C=O) groups is 1. The Morgan fingerprint density at radius 2 is 1.60 bits per heavy atom. The van der Waals surface area contributed by atoms with Crippen LogP contribution in [0.15, 0.2) is 30.6 Å². The number of halogens is 1. The smallest absolute Gasteiger partial charge is 0.290 e. The van der Waals surface area contributed by atoms with Gasteiger partial charge in [0.2, 0.25) is 0 Å². The zero-order chi connectivity index (χ0) is 6.95. The average Bonchev–Trinajstić information content (AvgIpc) is 1.93. The summed E-state index contributed by atoms with van der Waals surface area (Å²) >= 11 is 0. The van der Waals surface area contributed by atoms with Crippen LogP contribution >= 0.6 is 12.4 Å². The molecule has 0 atom stereocenters. The van der Waals surface area contributed by atoms with E-state index >= 15 is 0 Å². The van der Waals surface area contributed by atoms with Crippen molar-refractivity contribution in [1.29, 1.82) is 0 Å². The third-order valence-electron chi connectivity index (χ3n) is 0.566. The molecule has 1 rings (SSSR count). The summed E-state index contributed by atoms with van der Waals surface area (Å²) in [4.78, 5) is 12.1. The quantitative estimate of drug-likeness (QED) is 0.582. The first kappa shape index (κ1) is 11.7. The predicted octanol–water partition coefficient (Wildman–Crippen LogP) is 1.20. The largest absolute Gasteiger partial charge is 0.483 e. The molecule has 1 aromatic heterocycles. The average molecular weight is 162 g/mol. The van der Waals surface area contributed by atoms with Crippen LogP contribution in [0, 0.1) is 0 Å². The molecule has 0 aromatic carbocycles. The van der Waals surface area contributed by atoms with Crippen molar-refractivity contribution in [2.75, 3.05) is 0 Å². The SMILES string of the molecule is Cl.O=CO.c1ccncc1. The van der Waals surface area contributed by atoms with Crippen LogP contribution in [0.1, 0.15) is 0 Å². The van der Waals surface area contributed by atoms with Crippen LogP contribution in [0.4, 0.5) is 0 Å². The van der Waals surface area contributed by atoms with Gasteiger partial charge in [0.15, 0.2) is 0 Å². The Labute approximate surface area is 65.1 Å². The van der Waals surface area contributed by atoms with E-state index in [0.717, 1.165) is 0 Å². The van der Waals surface area contributed by atoms with Gasteiger partial charge in [-0.25, -0.2) is 0 Å². The summed E-state index contributed by atoms with van der Waals surface area (Å²) in [7, 11) is 0. The molecule has 0 aliphatic carbocycles. The number of hydrogen-bond donors (Lipinski definition) is 1. The molecule has 1 heterocycles. The molecule has 0 bridgehead atoms. The molecule has 3 nitrogen and oxygen atoms in total. The molecule has 0 aliphatic heterocycles. The standard InChI is InChI=1S/C5H5N.CH2O2.ClH/c1-2-4-6-5-3-1;2-1-3;/h1-5H;1H,(H,2,3);1H. The van der Waals surface area contributed by atoms with Crippen molar-refractivity contribution in [2.24, 2.45) is 0 Å². The Morgan fingerprint density at radius 1 is 1.20 bits per heavy atom. The maximum absolute atomic E-state index is 8.36. The van der Waals surface area contributed by atoms with E-state index in [1.54, 1.807) is 12.4 Å². The number of rotatable bonds is 0. The van der Waals surface area contributed by atoms with Gasteiger partial charge >= 0.3 is 0 Å². The van der Waals surface area contributed by atoms with Gasteiger partial charge in [0.25, 0.3) is 6.47 Å². The van der Waals surface area contributed by atoms with Gasteiger partial charge in [-0.2, -0.15) is 0 Å². The van der Waals surface area contributed by atoms with Crippen molar-refractivity contribution in [3.05, 3.63) is 30.6 Å². The van der Waals surface area contributed by atoms with Gasteiger partial charge in [0.05, 0.1) is 0 Å². The Balaban J connectivity index is 0. The second kappa shape index (κ2) is 10.8. The molecule has 56 valence electrons. The summed E-state index contributed by atoms with van der Waals surface area (Å²) in [6.07, 6.45) is 3.50. The van der Waals surface area contributed by atoms with E-state index in [4.69, 9.17) is 9.90 Å². The molecule has 0 radical (unpaired) electrons. The van der Waals surface area contributed by atoms with Crippen LogP contribution in [0.5, 0.6) is 0 Å². The normalized spacial score (nSPS) is 6.00. The lowest BCUT2D eigenvalue weighted by atomic mass is 10.5. The van der Waals surface area contributed by atoms with Crippen molar-refractivity contribution < 1.29 is 9.90 Å². The van der Waals surface area contributed by atoms with E-state index in [9.17, 15) is 0 Å². The maximum atomic E-state index is 8.36. The fourth-order valence-electron chi connectivity index (χ4n) is 0.313. The lowest BCUT2D eigenvalue weighted by Gasteiger charge is -1.70. The fraction of sp³-hybridized carbons (Fsp3) is 0. The van der Waals surface area contributed by atoms with Gasteiger partial charge < -0.3 is 5.11 Å². The van der Waals surface area contributed by atoms with Gasteiger partial charge in [-0.1, -0.05) is 6.07 Å². The van der Waals surface area contributed by atoms with E-state index in [-0.39, 0.29) is 18.9 Å². The number of nitrogens with zero attached hydrogens (tertiary/aromatic N) is 1. The summed E-state index contributed by atoms with van der Waals surface area (Å²) in [5, 5.41) is 6.89. The number of aromatic nitrogens is 1. The third-order valence-corrected chi connectivity index (χ3v) is 0.566. The lowest BCUT2D eigenvalue weighted by Crippen LogP contribution is -1.58. The van der Waals surface area contributed by atoms with E-state index in [1.807, 2.05) is 18.2 Å². The molecule has 4 heteroatoms. The van der Waals surface area contributed by atoms with Crippen molar-refractivity contribution in [3.63, 3.8) is 0 Å². The lowest BCUT2D eigenvalue weighted by molar-refractivity contribution is -0.122. The number of pyridine rings is 1. The Hall–Kier alpha value is -1.09. The summed E-state index contributed by atoms with van der Waals surface area (Å²) < 4.78 is 0. The first-order valence-electron chi connectivity index (χ1n) is 2.34. The monoisotopic (exact) mass is 161 g/mol. The minimum absolute atomic E-state index is 0. The highest BCUT2D eigenvalue weighted by Crippen LogP contribution is 1.73. The van der Waals surface area contributed by atoms with E-state index in [1.165, 1.54) is 0 Å². The molecule has 0 fully saturated rings. The highest BCUT2D eigenvalue weighted by atomic mass is 35.5. The number of carboxylic acid groups (broad SMARTS) is 1. The summed E-state index contributed by atoms with van der Waals surface area (Å²) in [6.45, 7) is -0.250. The minimum Gasteiger partial charge on any atom is -0.483 e. The summed E-state index contributed by atoms with van der Waals surface area (Å²) in [5.74, 6) is 0. The Kier molecular flexibility index (Phi) is 12.6. The molecule has 0 spiro atoms. The van der Waals surface area contributed by atoms with Crippen LogP contribution < -0.4 is 0 Å². The van der Waals surface area contributed by atoms with E-state index in [0.29, 0.717) is 0 Å². The van der Waals surface area contributed by atoms with Gasteiger partial charge in [0.1, 0.15) is 0 Å². The zero-order valence-electron chi connectivity index (χ0n) is 5.18. The van der Waals surface area contributed by atoms with Gasteiger partial charge in [0, 0.05) is 12.4 Å². The van der Waals surface area contributed by atoms with Crippen molar-refractivity contribution in [1.82, 2.24) is 4.98 Å². The second-order valence-electron chi connectivity index (χ2n) is 1.13. The fourth-order valence-corrected chi connectivity index (χ4v) is 0.313. The molecule has 0 unspecified atom stereocenters. The molecule has 1 aromatic rings. The number of hydrogen-bond acceptors (Lipinski definition) is 2. The van der Waals surface area contributed by atoms with Crippen molar-refractivity contribution >= 4 is 18.9 Å². The first-order valence-corrected chi connectivity index (χ1v) is 2.34. The van der Waals surface area contributed by atoms with Crippen LogP contribution in [-0.2, 0) is 4.79 Å². The van der Waals surface area contributed by atoms with Crippen LogP contribution in [0.25, 0.3) is 0 Å². The van der Waals surface area contributed by atoms with E-state index < -0.39 is 0 Å². The third kappa shape index (κ3) is 10.0. The molecule has 1 N–H and O–H groups in total. The summed E-state index contributed by atoms with van der Waals surface area (Å²) in [6, 6.07) is 5.72. The van der Waals surface area contributed by atoms with Gasteiger partial charge in [-0.05, 0) is 12.1 Å². The van der Waals surface area contributed by atoms with Gasteiger partial charge in [-0.3, -0.25) is 9.78 Å². The molecule has 0 amide bonds. The second-order valence-corrected chi connectivity index (χ2v) is 1.13. The maximum Gasteiger partial charge on any atom is 0.290 e. The molecule has 10 heavy (non-hydrogen) atoms. The zero-order valence-corrected chi connectivity index (χ0v) is 5.99. The Morgan fingerprint density at radius 3 is 1.70 bits per heavy atom. The predicted molar refractivity (Wildman–Crippen MR) is 40.2 cm³/mol. The molecular weight excluding hydrogens is 154 g/mol. The minimum atomic E-state index is -0.250. The molecular formula is C6H8ClNO2. The van der Waals surface area contributed by atoms with Crippen LogP contribution in [0.3, 0.4) is 0 Å².